The van der Waals surface area contributed by atoms with Gasteiger partial charge < -0.3 is 10.3 Å². The van der Waals surface area contributed by atoms with Crippen LogP contribution in [-0.2, 0) is 13.1 Å². The van der Waals surface area contributed by atoms with E-state index in [2.05, 4.69) is 26.8 Å². The molecule has 0 aliphatic heterocycles. The molecule has 0 amide bonds. The topological polar surface area (TPSA) is 74.5 Å². The van der Waals surface area contributed by atoms with Crippen LogP contribution in [0, 0.1) is 6.92 Å². The fourth-order valence-electron chi connectivity index (χ4n) is 1.60. The van der Waals surface area contributed by atoms with Crippen molar-refractivity contribution in [1.82, 2.24) is 24.5 Å². The number of hydrogen-bond acceptors (Lipinski definition) is 4. The SMILES string of the molecule is CCCn1cncc1Cn1nnc(N)c1C. The molecule has 6 nitrogen and oxygen atoms in total. The Bertz CT molecular complexity index is 469. The van der Waals surface area contributed by atoms with E-state index in [4.69, 9.17) is 5.73 Å². The van der Waals surface area contributed by atoms with Crippen LogP contribution in [0.4, 0.5) is 5.82 Å². The largest absolute Gasteiger partial charge is 0.381 e. The van der Waals surface area contributed by atoms with E-state index in [1.54, 1.807) is 4.68 Å². The lowest BCUT2D eigenvalue weighted by Crippen LogP contribution is -2.09. The van der Waals surface area contributed by atoms with Crippen molar-refractivity contribution in [2.24, 2.45) is 0 Å². The van der Waals surface area contributed by atoms with Gasteiger partial charge in [-0.15, -0.1) is 5.10 Å². The van der Waals surface area contributed by atoms with E-state index in [0.29, 0.717) is 12.4 Å². The van der Waals surface area contributed by atoms with Gasteiger partial charge in [-0.3, -0.25) is 0 Å². The number of aromatic nitrogens is 5. The summed E-state index contributed by atoms with van der Waals surface area (Å²) in [5.41, 5.74) is 7.66. The molecule has 0 aliphatic rings. The summed E-state index contributed by atoms with van der Waals surface area (Å²) < 4.78 is 3.91. The highest BCUT2D eigenvalue weighted by molar-refractivity contribution is 5.31. The van der Waals surface area contributed by atoms with Crippen LogP contribution in [0.5, 0.6) is 0 Å². The second-order valence-electron chi connectivity index (χ2n) is 3.80. The summed E-state index contributed by atoms with van der Waals surface area (Å²) in [6.45, 7) is 5.69. The first-order chi connectivity index (χ1) is 7.72. The summed E-state index contributed by atoms with van der Waals surface area (Å²) in [6, 6.07) is 0. The predicted molar refractivity (Wildman–Crippen MR) is 60.8 cm³/mol. The molecule has 0 saturated heterocycles. The van der Waals surface area contributed by atoms with E-state index in [0.717, 1.165) is 24.4 Å². The summed E-state index contributed by atoms with van der Waals surface area (Å²) in [7, 11) is 0. The van der Waals surface area contributed by atoms with Crippen molar-refractivity contribution in [2.75, 3.05) is 5.73 Å². The van der Waals surface area contributed by atoms with Crippen molar-refractivity contribution in [1.29, 1.82) is 0 Å². The summed E-state index contributed by atoms with van der Waals surface area (Å²) in [5.74, 6) is 0.488. The summed E-state index contributed by atoms with van der Waals surface area (Å²) in [5, 5.41) is 7.83. The Morgan fingerprint density at radius 3 is 2.88 bits per heavy atom. The Morgan fingerprint density at radius 2 is 2.25 bits per heavy atom. The Hall–Kier alpha value is -1.85. The highest BCUT2D eigenvalue weighted by Gasteiger charge is 2.08. The van der Waals surface area contributed by atoms with Gasteiger partial charge in [-0.05, 0) is 13.3 Å². The lowest BCUT2D eigenvalue weighted by Gasteiger charge is -2.07. The highest BCUT2D eigenvalue weighted by Crippen LogP contribution is 2.08. The third-order valence-electron chi connectivity index (χ3n) is 2.59. The minimum absolute atomic E-state index is 0.488. The fourth-order valence-corrected chi connectivity index (χ4v) is 1.60. The van der Waals surface area contributed by atoms with E-state index < -0.39 is 0 Å². The predicted octanol–water partition coefficient (Wildman–Crippen LogP) is 0.824. The van der Waals surface area contributed by atoms with Crippen LogP contribution >= 0.6 is 0 Å². The van der Waals surface area contributed by atoms with Crippen molar-refractivity contribution >= 4 is 5.82 Å². The molecule has 0 fully saturated rings. The average Bonchev–Trinajstić information content (AvgIpc) is 2.82. The number of hydrogen-bond donors (Lipinski definition) is 1. The lowest BCUT2D eigenvalue weighted by atomic mass is 10.4. The van der Waals surface area contributed by atoms with Crippen LogP contribution < -0.4 is 5.73 Å². The molecule has 2 aromatic rings. The quantitative estimate of drug-likeness (QED) is 0.828. The maximum absolute atomic E-state index is 5.65. The summed E-state index contributed by atoms with van der Waals surface area (Å²) in [4.78, 5) is 4.14. The molecule has 0 radical (unpaired) electrons. The van der Waals surface area contributed by atoms with Crippen LogP contribution in [0.1, 0.15) is 24.7 Å². The molecule has 0 atom stereocenters. The number of nitrogens with two attached hydrogens (primary N) is 1. The number of aryl methyl sites for hydroxylation is 1. The van der Waals surface area contributed by atoms with E-state index >= 15 is 0 Å². The first kappa shape index (κ1) is 10.7. The van der Waals surface area contributed by atoms with Gasteiger partial charge in [-0.1, -0.05) is 12.1 Å². The molecule has 0 saturated carbocycles. The van der Waals surface area contributed by atoms with Gasteiger partial charge in [0.2, 0.25) is 0 Å². The maximum Gasteiger partial charge on any atom is 0.168 e. The Balaban J connectivity index is 2.20. The first-order valence-corrected chi connectivity index (χ1v) is 5.37. The Labute approximate surface area is 94.1 Å². The molecule has 86 valence electrons. The van der Waals surface area contributed by atoms with Gasteiger partial charge in [0, 0.05) is 6.54 Å². The Kier molecular flexibility index (Phi) is 2.89. The van der Waals surface area contributed by atoms with Crippen molar-refractivity contribution in [2.45, 2.75) is 33.4 Å². The molecule has 16 heavy (non-hydrogen) atoms. The maximum atomic E-state index is 5.65. The molecule has 0 spiro atoms. The molecule has 0 unspecified atom stereocenters. The monoisotopic (exact) mass is 220 g/mol. The minimum Gasteiger partial charge on any atom is -0.381 e. The molecule has 6 heteroatoms. The zero-order valence-electron chi connectivity index (χ0n) is 9.59. The van der Waals surface area contributed by atoms with Crippen LogP contribution in [0.15, 0.2) is 12.5 Å². The zero-order chi connectivity index (χ0) is 11.5. The number of anilines is 1. The van der Waals surface area contributed by atoms with Gasteiger partial charge in [0.05, 0.1) is 30.5 Å². The van der Waals surface area contributed by atoms with E-state index in [-0.39, 0.29) is 0 Å². The molecule has 2 aromatic heterocycles. The molecule has 2 heterocycles. The van der Waals surface area contributed by atoms with E-state index in [9.17, 15) is 0 Å². The zero-order valence-corrected chi connectivity index (χ0v) is 9.59. The van der Waals surface area contributed by atoms with Crippen LogP contribution in [0.25, 0.3) is 0 Å². The number of rotatable bonds is 4. The van der Waals surface area contributed by atoms with Crippen LogP contribution in [0.2, 0.25) is 0 Å². The van der Waals surface area contributed by atoms with Gasteiger partial charge in [-0.25, -0.2) is 9.67 Å². The van der Waals surface area contributed by atoms with Gasteiger partial charge in [0.25, 0.3) is 0 Å². The molecule has 2 N–H and O–H groups in total. The number of nitrogens with zero attached hydrogens (tertiary/aromatic N) is 5. The fraction of sp³-hybridized carbons (Fsp3) is 0.500. The van der Waals surface area contributed by atoms with Crippen molar-refractivity contribution in [3.05, 3.63) is 23.9 Å². The molecular weight excluding hydrogens is 204 g/mol. The summed E-state index contributed by atoms with van der Waals surface area (Å²) >= 11 is 0. The molecule has 0 aromatic carbocycles. The number of nitrogen functional groups attached to an aromatic ring is 1. The van der Waals surface area contributed by atoms with E-state index in [1.165, 1.54) is 0 Å². The van der Waals surface area contributed by atoms with Gasteiger partial charge >= 0.3 is 0 Å². The van der Waals surface area contributed by atoms with Gasteiger partial charge in [0.15, 0.2) is 5.82 Å². The first-order valence-electron chi connectivity index (χ1n) is 5.37. The highest BCUT2D eigenvalue weighted by atomic mass is 15.4. The van der Waals surface area contributed by atoms with Crippen molar-refractivity contribution < 1.29 is 0 Å². The second-order valence-corrected chi connectivity index (χ2v) is 3.80. The molecule has 0 aliphatic carbocycles. The molecular formula is C10H16N6. The number of imidazole rings is 1. The molecule has 0 bridgehead atoms. The average molecular weight is 220 g/mol. The van der Waals surface area contributed by atoms with Gasteiger partial charge in [0.1, 0.15) is 0 Å². The van der Waals surface area contributed by atoms with Crippen molar-refractivity contribution in [3.63, 3.8) is 0 Å². The normalized spacial score (nSPS) is 10.9. The van der Waals surface area contributed by atoms with Crippen LogP contribution in [-0.4, -0.2) is 24.5 Å². The smallest absolute Gasteiger partial charge is 0.168 e. The lowest BCUT2D eigenvalue weighted by molar-refractivity contribution is 0.575. The molecule has 2 rings (SSSR count). The second kappa shape index (κ2) is 4.34. The summed E-state index contributed by atoms with van der Waals surface area (Å²) in [6.07, 6.45) is 4.78. The third-order valence-corrected chi connectivity index (χ3v) is 2.59. The standard InChI is InChI=1S/C10H16N6/c1-3-4-15-7-12-5-9(15)6-16-8(2)10(11)13-14-16/h5,7H,3-4,6,11H2,1-2H3. The van der Waals surface area contributed by atoms with Gasteiger partial charge in [-0.2, -0.15) is 0 Å². The Morgan fingerprint density at radius 1 is 1.44 bits per heavy atom. The minimum atomic E-state index is 0.488. The third kappa shape index (κ3) is 1.91. The van der Waals surface area contributed by atoms with Crippen molar-refractivity contribution in [3.8, 4) is 0 Å². The van der Waals surface area contributed by atoms with Crippen LogP contribution in [0.3, 0.4) is 0 Å². The van der Waals surface area contributed by atoms with E-state index in [1.807, 2.05) is 19.4 Å².